The van der Waals surface area contributed by atoms with Crippen molar-refractivity contribution in [1.82, 2.24) is 0 Å². The van der Waals surface area contributed by atoms with Crippen molar-refractivity contribution in [3.8, 4) is 0 Å². The molecule has 0 aliphatic heterocycles. The number of thiol groups is 2. The Balaban J connectivity index is 2.98. The molecule has 2 aromatic rings. The molecule has 0 nitrogen and oxygen atoms in total. The number of benzene rings is 2. The van der Waals surface area contributed by atoms with Crippen molar-refractivity contribution in [3.05, 3.63) is 50.1 Å². The lowest BCUT2D eigenvalue weighted by Gasteiger charge is -2.38. The molecular formula is C25H37BS2. The first-order chi connectivity index (χ1) is 12.6. The maximum atomic E-state index is 4.99. The van der Waals surface area contributed by atoms with Gasteiger partial charge in [-0.15, -0.1) is 25.3 Å². The lowest BCUT2D eigenvalue weighted by Crippen LogP contribution is -2.35. The average molecular weight is 413 g/mol. The van der Waals surface area contributed by atoms with Crippen LogP contribution in [-0.4, -0.2) is 7.85 Å². The Morgan fingerprint density at radius 1 is 0.536 bits per heavy atom. The van der Waals surface area contributed by atoms with Crippen LogP contribution in [-0.2, 0) is 10.8 Å². The first-order valence-corrected chi connectivity index (χ1v) is 11.1. The molecule has 0 heterocycles. The Morgan fingerprint density at radius 3 is 1.43 bits per heavy atom. The first kappa shape index (κ1) is 23.5. The molecule has 0 aliphatic rings. The number of rotatable bonds is 2. The van der Waals surface area contributed by atoms with Crippen molar-refractivity contribution in [2.75, 3.05) is 0 Å². The smallest absolute Gasteiger partial charge is 0.140 e. The second-order valence-corrected chi connectivity index (χ2v) is 11.0. The van der Waals surface area contributed by atoms with Gasteiger partial charge in [-0.25, -0.2) is 0 Å². The van der Waals surface area contributed by atoms with E-state index in [4.69, 9.17) is 25.3 Å². The highest BCUT2D eigenvalue weighted by molar-refractivity contribution is 7.80. The second-order valence-electron chi connectivity index (χ2n) is 10.1. The van der Waals surface area contributed by atoms with E-state index in [1.165, 1.54) is 55.5 Å². The summed E-state index contributed by atoms with van der Waals surface area (Å²) >= 11 is 9.85. The quantitative estimate of drug-likeness (QED) is 0.439. The minimum absolute atomic E-state index is 0.135. The molecule has 2 rings (SSSR count). The summed E-state index contributed by atoms with van der Waals surface area (Å²) in [4.78, 5) is 2.19. The Morgan fingerprint density at radius 2 is 0.964 bits per heavy atom. The maximum absolute atomic E-state index is 4.99. The van der Waals surface area contributed by atoms with Gasteiger partial charge in [0.15, 0.2) is 0 Å². The summed E-state index contributed by atoms with van der Waals surface area (Å²) in [5.41, 5.74) is 13.6. The van der Waals surface area contributed by atoms with E-state index in [1.807, 2.05) is 0 Å². The van der Waals surface area contributed by atoms with Crippen LogP contribution in [0.25, 0.3) is 0 Å². The second kappa shape index (κ2) is 7.47. The van der Waals surface area contributed by atoms with Gasteiger partial charge in [0.05, 0.1) is 0 Å². The summed E-state index contributed by atoms with van der Waals surface area (Å²) in [7, 11) is 2.30. The zero-order valence-corrected chi connectivity index (χ0v) is 21.7. The topological polar surface area (TPSA) is 0 Å². The predicted molar refractivity (Wildman–Crippen MR) is 135 cm³/mol. The molecular weight excluding hydrogens is 375 g/mol. The van der Waals surface area contributed by atoms with Crippen LogP contribution >= 0.6 is 25.3 Å². The zero-order chi connectivity index (χ0) is 21.9. The predicted octanol–water partition coefficient (Wildman–Crippen LogP) is 6.00. The molecule has 0 spiro atoms. The van der Waals surface area contributed by atoms with E-state index in [0.29, 0.717) is 0 Å². The fraction of sp³-hybridized carbons (Fsp3) is 0.520. The van der Waals surface area contributed by atoms with E-state index < -0.39 is 0 Å². The van der Waals surface area contributed by atoms with Crippen LogP contribution in [0.3, 0.4) is 0 Å². The Hall–Kier alpha value is -0.795. The molecule has 152 valence electrons. The highest BCUT2D eigenvalue weighted by atomic mass is 32.1. The third-order valence-corrected chi connectivity index (χ3v) is 8.09. The summed E-state index contributed by atoms with van der Waals surface area (Å²) in [6.45, 7) is 25.0. The number of hydrogen-bond donors (Lipinski definition) is 2. The molecule has 0 fully saturated rings. The Kier molecular flexibility index (Phi) is 6.27. The minimum atomic E-state index is -0.156. The highest BCUT2D eigenvalue weighted by Gasteiger charge is 2.34. The summed E-state index contributed by atoms with van der Waals surface area (Å²) in [5.74, 6) is 0. The van der Waals surface area contributed by atoms with Crippen LogP contribution in [0, 0.1) is 41.5 Å². The van der Waals surface area contributed by atoms with Crippen molar-refractivity contribution >= 4 is 38.6 Å². The molecule has 0 saturated carbocycles. The fourth-order valence-electron chi connectivity index (χ4n) is 5.38. The normalized spacial score (nSPS) is 12.6. The molecule has 0 bridgehead atoms. The molecule has 0 aliphatic carbocycles. The zero-order valence-electron chi connectivity index (χ0n) is 19.9. The van der Waals surface area contributed by atoms with Gasteiger partial charge in [-0.1, -0.05) is 45.6 Å². The summed E-state index contributed by atoms with van der Waals surface area (Å²) < 4.78 is 0. The van der Waals surface area contributed by atoms with Crippen molar-refractivity contribution in [1.29, 1.82) is 0 Å². The average Bonchev–Trinajstić information content (AvgIpc) is 2.55. The SMILES string of the molecule is Bc1c(C)c(C(C)(C)C)c(C)c(C)c1C(C)(C)c1c(C)c(S)c(C)c(C)c1S. The molecule has 0 aromatic heterocycles. The third kappa shape index (κ3) is 3.47. The molecule has 0 atom stereocenters. The standard InChI is InChI=1S/C25H37BS2/c1-12-13(2)19(21(26)16(5)18(12)24(7,8)9)25(10,11)20-17(6)22(27)14(3)15(4)23(20)28/h27-28H,26H2,1-11H3. The van der Waals surface area contributed by atoms with Gasteiger partial charge in [-0.3, -0.25) is 0 Å². The third-order valence-electron chi connectivity index (χ3n) is 6.86. The largest absolute Gasteiger partial charge is 0.143 e. The Bertz CT molecular complexity index is 902. The molecule has 0 saturated heterocycles. The van der Waals surface area contributed by atoms with E-state index >= 15 is 0 Å². The van der Waals surface area contributed by atoms with Gasteiger partial charge in [0.2, 0.25) is 0 Å². The van der Waals surface area contributed by atoms with Gasteiger partial charge in [0, 0.05) is 15.2 Å². The molecule has 0 N–H and O–H groups in total. The van der Waals surface area contributed by atoms with Gasteiger partial charge in [-0.2, -0.15) is 0 Å². The van der Waals surface area contributed by atoms with Gasteiger partial charge in [0.25, 0.3) is 0 Å². The van der Waals surface area contributed by atoms with E-state index in [1.54, 1.807) is 0 Å². The molecule has 2 aromatic carbocycles. The van der Waals surface area contributed by atoms with Crippen LogP contribution in [0.15, 0.2) is 9.79 Å². The fourth-order valence-corrected chi connectivity index (χ4v) is 6.28. The van der Waals surface area contributed by atoms with E-state index in [2.05, 4.69) is 84.0 Å². The van der Waals surface area contributed by atoms with Gasteiger partial charge >= 0.3 is 0 Å². The van der Waals surface area contributed by atoms with Gasteiger partial charge in [-0.05, 0) is 91.5 Å². The van der Waals surface area contributed by atoms with Crippen molar-refractivity contribution in [2.24, 2.45) is 0 Å². The summed E-state index contributed by atoms with van der Waals surface area (Å²) in [6, 6.07) is 0. The lowest BCUT2D eigenvalue weighted by molar-refractivity contribution is 0.575. The van der Waals surface area contributed by atoms with E-state index in [9.17, 15) is 0 Å². The van der Waals surface area contributed by atoms with Crippen molar-refractivity contribution in [2.45, 2.75) is 96.8 Å². The van der Waals surface area contributed by atoms with Crippen molar-refractivity contribution in [3.63, 3.8) is 0 Å². The van der Waals surface area contributed by atoms with Crippen LogP contribution in [0.5, 0.6) is 0 Å². The lowest BCUT2D eigenvalue weighted by atomic mass is 9.64. The van der Waals surface area contributed by atoms with Crippen LogP contribution in [0.1, 0.15) is 84.7 Å². The molecule has 28 heavy (non-hydrogen) atoms. The maximum Gasteiger partial charge on any atom is 0.140 e. The summed E-state index contributed by atoms with van der Waals surface area (Å²) in [6.07, 6.45) is 0. The van der Waals surface area contributed by atoms with Crippen LogP contribution < -0.4 is 5.46 Å². The van der Waals surface area contributed by atoms with Gasteiger partial charge in [0.1, 0.15) is 7.85 Å². The minimum Gasteiger partial charge on any atom is -0.143 e. The monoisotopic (exact) mass is 412 g/mol. The number of hydrogen-bond acceptors (Lipinski definition) is 2. The molecule has 0 amide bonds. The van der Waals surface area contributed by atoms with Gasteiger partial charge < -0.3 is 0 Å². The van der Waals surface area contributed by atoms with E-state index in [0.717, 1.165) is 9.79 Å². The van der Waals surface area contributed by atoms with Crippen molar-refractivity contribution < 1.29 is 0 Å². The Labute approximate surface area is 185 Å². The van der Waals surface area contributed by atoms with Crippen LogP contribution in [0.2, 0.25) is 0 Å². The highest BCUT2D eigenvalue weighted by Crippen LogP contribution is 2.44. The first-order valence-electron chi connectivity index (χ1n) is 10.2. The molecule has 0 unspecified atom stereocenters. The summed E-state index contributed by atoms with van der Waals surface area (Å²) in [5, 5.41) is 0. The van der Waals surface area contributed by atoms with Crippen LogP contribution in [0.4, 0.5) is 0 Å². The molecule has 0 radical (unpaired) electrons. The molecule has 3 heteroatoms. The van der Waals surface area contributed by atoms with E-state index in [-0.39, 0.29) is 10.8 Å².